The number of hydrogen-bond acceptors (Lipinski definition) is 4. The Balaban J connectivity index is 1.96. The minimum Gasteiger partial charge on any atom is -0.380 e. The Hall–Kier alpha value is -1.16. The number of rotatable bonds is 5. The first-order valence-electron chi connectivity index (χ1n) is 6.84. The summed E-state index contributed by atoms with van der Waals surface area (Å²) in [5.41, 5.74) is 0. The molecule has 0 aromatic heterocycles. The largest absolute Gasteiger partial charge is 0.380 e. The van der Waals surface area contributed by atoms with Crippen molar-refractivity contribution in [1.29, 1.82) is 0 Å². The average molecular weight is 338 g/mol. The highest BCUT2D eigenvalue weighted by molar-refractivity contribution is 7.89. The molecule has 124 valence electrons. The lowest BCUT2D eigenvalue weighted by Crippen LogP contribution is -2.36. The summed E-state index contributed by atoms with van der Waals surface area (Å²) < 4.78 is 70.5. The predicted molar refractivity (Wildman–Crippen MR) is 73.4 cm³/mol. The van der Waals surface area contributed by atoms with Gasteiger partial charge in [-0.05, 0) is 18.6 Å². The topological polar surface area (TPSA) is 58.6 Å². The van der Waals surface area contributed by atoms with E-state index < -0.39 is 32.4 Å². The van der Waals surface area contributed by atoms with Crippen LogP contribution < -0.4 is 4.72 Å². The second-order valence-electron chi connectivity index (χ2n) is 4.91. The molecule has 0 radical (unpaired) electrons. The minimum absolute atomic E-state index is 0.0863. The molecule has 1 fully saturated rings. The van der Waals surface area contributed by atoms with Crippen LogP contribution in [-0.4, -0.2) is 52.7 Å². The maximum Gasteiger partial charge on any atom is 0.240 e. The molecule has 0 saturated carbocycles. The highest BCUT2D eigenvalue weighted by atomic mass is 32.2. The van der Waals surface area contributed by atoms with Crippen molar-refractivity contribution in [1.82, 2.24) is 9.62 Å². The van der Waals surface area contributed by atoms with Crippen molar-refractivity contribution in [2.75, 3.05) is 39.4 Å². The third kappa shape index (κ3) is 4.42. The normalized spacial score (nSPS) is 17.4. The van der Waals surface area contributed by atoms with Gasteiger partial charge in [0.15, 0.2) is 17.5 Å². The number of sulfonamides is 1. The highest BCUT2D eigenvalue weighted by Gasteiger charge is 2.20. The van der Waals surface area contributed by atoms with Crippen LogP contribution in [-0.2, 0) is 14.8 Å². The van der Waals surface area contributed by atoms with E-state index in [9.17, 15) is 21.6 Å². The van der Waals surface area contributed by atoms with Gasteiger partial charge in [0, 0.05) is 32.8 Å². The summed E-state index contributed by atoms with van der Waals surface area (Å²) in [6.45, 7) is 3.29. The third-order valence-corrected chi connectivity index (χ3v) is 4.74. The van der Waals surface area contributed by atoms with Gasteiger partial charge in [-0.25, -0.2) is 26.3 Å². The SMILES string of the molecule is O=S(=O)(NCCN1CCCOCC1)c1cc(F)c(F)c(F)c1. The Morgan fingerprint density at radius 3 is 2.50 bits per heavy atom. The van der Waals surface area contributed by atoms with E-state index in [1.807, 2.05) is 4.90 Å². The summed E-state index contributed by atoms with van der Waals surface area (Å²) in [5, 5.41) is 0. The number of halogens is 3. The van der Waals surface area contributed by atoms with Crippen LogP contribution >= 0.6 is 0 Å². The van der Waals surface area contributed by atoms with Gasteiger partial charge in [-0.2, -0.15) is 0 Å². The molecule has 1 aromatic rings. The third-order valence-electron chi connectivity index (χ3n) is 3.30. The van der Waals surface area contributed by atoms with Gasteiger partial charge in [-0.3, -0.25) is 4.90 Å². The molecule has 0 amide bonds. The zero-order chi connectivity index (χ0) is 16.2. The van der Waals surface area contributed by atoms with Gasteiger partial charge < -0.3 is 4.74 Å². The van der Waals surface area contributed by atoms with Gasteiger partial charge in [-0.15, -0.1) is 0 Å². The van der Waals surface area contributed by atoms with Gasteiger partial charge in [0.25, 0.3) is 0 Å². The summed E-state index contributed by atoms with van der Waals surface area (Å²) in [7, 11) is -4.09. The molecular weight excluding hydrogens is 321 g/mol. The van der Waals surface area contributed by atoms with Gasteiger partial charge in [0.05, 0.1) is 11.5 Å². The van der Waals surface area contributed by atoms with Crippen LogP contribution in [0.25, 0.3) is 0 Å². The Kier molecular flexibility index (Phi) is 5.79. The molecule has 1 saturated heterocycles. The Labute approximate surface area is 127 Å². The van der Waals surface area contributed by atoms with Crippen LogP contribution in [0.5, 0.6) is 0 Å². The fourth-order valence-electron chi connectivity index (χ4n) is 2.13. The molecule has 9 heteroatoms. The monoisotopic (exact) mass is 338 g/mol. The van der Waals surface area contributed by atoms with E-state index in [-0.39, 0.29) is 6.54 Å². The summed E-state index contributed by atoms with van der Waals surface area (Å²) >= 11 is 0. The summed E-state index contributed by atoms with van der Waals surface area (Å²) in [6.07, 6.45) is 0.862. The van der Waals surface area contributed by atoms with E-state index in [0.29, 0.717) is 38.4 Å². The number of benzene rings is 1. The lowest BCUT2D eigenvalue weighted by atomic mass is 10.3. The molecule has 1 N–H and O–H groups in total. The molecule has 1 aliphatic rings. The molecule has 0 aliphatic carbocycles. The number of nitrogens with one attached hydrogen (secondary N) is 1. The standard InChI is InChI=1S/C13H17F3N2O3S/c14-11-8-10(9-12(15)13(11)16)22(19,20)17-2-4-18-3-1-6-21-7-5-18/h8-9,17H,1-7H2. The summed E-state index contributed by atoms with van der Waals surface area (Å²) in [5.74, 6) is -4.77. The molecule has 22 heavy (non-hydrogen) atoms. The van der Waals surface area contributed by atoms with Crippen molar-refractivity contribution in [3.8, 4) is 0 Å². The summed E-state index contributed by atoms with van der Waals surface area (Å²) in [6, 6.07) is 0.918. The highest BCUT2D eigenvalue weighted by Crippen LogP contribution is 2.17. The van der Waals surface area contributed by atoms with Crippen LogP contribution in [0, 0.1) is 17.5 Å². The van der Waals surface area contributed by atoms with Crippen molar-refractivity contribution in [3.05, 3.63) is 29.6 Å². The quantitative estimate of drug-likeness (QED) is 0.817. The average Bonchev–Trinajstić information content (AvgIpc) is 2.72. The fourth-order valence-corrected chi connectivity index (χ4v) is 3.17. The van der Waals surface area contributed by atoms with Gasteiger partial charge >= 0.3 is 0 Å². The summed E-state index contributed by atoms with van der Waals surface area (Å²) in [4.78, 5) is 1.39. The van der Waals surface area contributed by atoms with E-state index in [4.69, 9.17) is 4.74 Å². The first-order chi connectivity index (χ1) is 10.4. The van der Waals surface area contributed by atoms with Crippen molar-refractivity contribution >= 4 is 10.0 Å². The van der Waals surface area contributed by atoms with E-state index in [1.54, 1.807) is 0 Å². The fraction of sp³-hybridized carbons (Fsp3) is 0.538. The molecule has 2 rings (SSSR count). The first-order valence-corrected chi connectivity index (χ1v) is 8.33. The van der Waals surface area contributed by atoms with Crippen LogP contribution in [0.3, 0.4) is 0 Å². The van der Waals surface area contributed by atoms with Crippen LogP contribution in [0.4, 0.5) is 13.2 Å². The van der Waals surface area contributed by atoms with Crippen LogP contribution in [0.2, 0.25) is 0 Å². The number of hydrogen-bond donors (Lipinski definition) is 1. The predicted octanol–water partition coefficient (Wildman–Crippen LogP) is 1.10. The van der Waals surface area contributed by atoms with E-state index >= 15 is 0 Å². The van der Waals surface area contributed by atoms with Gasteiger partial charge in [0.2, 0.25) is 10.0 Å². The van der Waals surface area contributed by atoms with Gasteiger partial charge in [-0.1, -0.05) is 0 Å². The van der Waals surface area contributed by atoms with Crippen molar-refractivity contribution < 1.29 is 26.3 Å². The second kappa shape index (κ2) is 7.40. The molecule has 1 aliphatic heterocycles. The molecule has 1 heterocycles. The van der Waals surface area contributed by atoms with Gasteiger partial charge in [0.1, 0.15) is 0 Å². The minimum atomic E-state index is -4.09. The lowest BCUT2D eigenvalue weighted by molar-refractivity contribution is 0.142. The Morgan fingerprint density at radius 2 is 1.82 bits per heavy atom. The first kappa shape index (κ1) is 17.2. The Bertz CT molecular complexity index is 594. The van der Waals surface area contributed by atoms with Crippen molar-refractivity contribution in [2.45, 2.75) is 11.3 Å². The molecule has 0 unspecified atom stereocenters. The molecule has 5 nitrogen and oxygen atoms in total. The molecule has 0 atom stereocenters. The van der Waals surface area contributed by atoms with E-state index in [2.05, 4.69) is 4.72 Å². The zero-order valence-electron chi connectivity index (χ0n) is 11.8. The van der Waals surface area contributed by atoms with Crippen LogP contribution in [0.15, 0.2) is 17.0 Å². The number of nitrogens with zero attached hydrogens (tertiary/aromatic N) is 1. The smallest absolute Gasteiger partial charge is 0.240 e. The molecule has 0 bridgehead atoms. The van der Waals surface area contributed by atoms with Crippen LogP contribution in [0.1, 0.15) is 6.42 Å². The van der Waals surface area contributed by atoms with Crippen molar-refractivity contribution in [3.63, 3.8) is 0 Å². The van der Waals surface area contributed by atoms with E-state index in [0.717, 1.165) is 13.0 Å². The second-order valence-corrected chi connectivity index (χ2v) is 6.67. The number of ether oxygens (including phenoxy) is 1. The lowest BCUT2D eigenvalue weighted by Gasteiger charge is -2.19. The Morgan fingerprint density at radius 1 is 1.14 bits per heavy atom. The van der Waals surface area contributed by atoms with Crippen molar-refractivity contribution in [2.24, 2.45) is 0 Å². The van der Waals surface area contributed by atoms with E-state index in [1.165, 1.54) is 0 Å². The molecule has 1 aromatic carbocycles. The maximum absolute atomic E-state index is 13.1. The zero-order valence-corrected chi connectivity index (χ0v) is 12.6. The molecular formula is C13H17F3N2O3S. The maximum atomic E-state index is 13.1. The molecule has 0 spiro atoms.